The Morgan fingerprint density at radius 1 is 0.758 bits per heavy atom. The van der Waals surface area contributed by atoms with E-state index < -0.39 is 48.0 Å². The zero-order chi connectivity index (χ0) is 44.6. The van der Waals surface area contributed by atoms with Crippen LogP contribution in [0.25, 0.3) is 0 Å². The van der Waals surface area contributed by atoms with E-state index in [1.807, 2.05) is 60.7 Å². The number of nitrogens with one attached hydrogen (secondary N) is 2. The molecule has 0 aromatic heterocycles. The number of esters is 3. The first-order valence-corrected chi connectivity index (χ1v) is 22.8. The Bertz CT molecular complexity index is 1850. The van der Waals surface area contributed by atoms with E-state index in [9.17, 15) is 34.2 Å². The second-order valence-electron chi connectivity index (χ2n) is 19.2. The molecule has 0 bridgehead atoms. The maximum absolute atomic E-state index is 14.1. The summed E-state index contributed by atoms with van der Waals surface area (Å²) in [4.78, 5) is 64.8. The van der Waals surface area contributed by atoms with Crippen LogP contribution in [-0.2, 0) is 51.4 Å². The Morgan fingerprint density at radius 3 is 1.97 bits per heavy atom. The zero-order valence-corrected chi connectivity index (χ0v) is 37.0. The fourth-order valence-corrected chi connectivity index (χ4v) is 12.1. The molecule has 0 spiro atoms. The van der Waals surface area contributed by atoms with Crippen LogP contribution in [0.15, 0.2) is 60.7 Å². The quantitative estimate of drug-likeness (QED) is 0.0933. The molecule has 4 fully saturated rings. The fraction of sp³-hybridized carbons (Fsp3) is 0.653. The number of carbonyl (C=O) groups excluding carboxylic acids is 5. The molecule has 13 nitrogen and oxygen atoms in total. The number of benzene rings is 2. The predicted molar refractivity (Wildman–Crippen MR) is 231 cm³/mol. The molecule has 6 N–H and O–H groups in total. The lowest BCUT2D eigenvalue weighted by molar-refractivity contribution is -0.202. The van der Waals surface area contributed by atoms with Gasteiger partial charge in [0.15, 0.2) is 0 Å². The Hall–Kier alpha value is -4.33. The molecular weight excluding hydrogens is 791 g/mol. The van der Waals surface area contributed by atoms with Crippen LogP contribution in [0.1, 0.15) is 115 Å². The van der Waals surface area contributed by atoms with E-state index in [0.29, 0.717) is 38.5 Å². The summed E-state index contributed by atoms with van der Waals surface area (Å²) in [6, 6.07) is 16.1. The minimum atomic E-state index is -1.10. The lowest BCUT2D eigenvalue weighted by Crippen LogP contribution is -2.63. The summed E-state index contributed by atoms with van der Waals surface area (Å²) in [6.45, 7) is 6.89. The molecular formula is C49H69N3O10. The van der Waals surface area contributed by atoms with Gasteiger partial charge in [-0.3, -0.25) is 24.0 Å². The first-order valence-electron chi connectivity index (χ1n) is 22.8. The number of methoxy groups -OCH3 is 1. The van der Waals surface area contributed by atoms with Crippen molar-refractivity contribution in [3.8, 4) is 0 Å². The summed E-state index contributed by atoms with van der Waals surface area (Å²) >= 11 is 0. The second-order valence-corrected chi connectivity index (χ2v) is 19.2. The molecule has 0 heterocycles. The van der Waals surface area contributed by atoms with Gasteiger partial charge >= 0.3 is 17.9 Å². The van der Waals surface area contributed by atoms with E-state index in [1.54, 1.807) is 0 Å². The number of rotatable bonds is 18. The molecule has 2 aromatic rings. The highest BCUT2D eigenvalue weighted by Gasteiger charge is 2.65. The third kappa shape index (κ3) is 10.9. The van der Waals surface area contributed by atoms with E-state index in [2.05, 4.69) is 31.4 Å². The topological polar surface area (TPSA) is 204 Å². The monoisotopic (exact) mass is 859 g/mol. The molecule has 0 aliphatic heterocycles. The first-order chi connectivity index (χ1) is 29.6. The summed E-state index contributed by atoms with van der Waals surface area (Å²) in [7, 11) is 1.41. The van der Waals surface area contributed by atoms with Gasteiger partial charge in [-0.1, -0.05) is 81.4 Å². The number of nitrogens with two attached hydrogens (primary N) is 1. The van der Waals surface area contributed by atoms with Crippen LogP contribution in [0.4, 0.5) is 0 Å². The molecule has 0 unspecified atom stereocenters. The van der Waals surface area contributed by atoms with Crippen LogP contribution in [0, 0.1) is 46.3 Å². The van der Waals surface area contributed by atoms with Crippen LogP contribution in [0.3, 0.4) is 0 Å². The Labute approximate surface area is 366 Å². The van der Waals surface area contributed by atoms with Gasteiger partial charge in [0.05, 0.1) is 25.4 Å². The highest BCUT2D eigenvalue weighted by Crippen LogP contribution is 2.68. The summed E-state index contributed by atoms with van der Waals surface area (Å²) in [5.74, 6) is -1.36. The number of carbonyl (C=O) groups is 5. The standard InChI is InChI=1S/C49H69N3O10/c1-30(15-20-42(55)60-4)35-16-17-36-45-37(27-41(54)49(35,36)3)48(2)24-23-34(25-33(48)26-40(45)53)51-47(59)39(19-22-44(57)62-29-32-13-9-6-10-14-32)52-46(58)38(50)18-21-43(56)61-28-31-11-7-5-8-12-31/h5-14,30,33-41,45,53-54H,15-29,50H2,1-4H3,(H,51,59)(H,52,58)/t30-,33+,34+,35-,36+,37+,38+,39+,40-,41+,45+,48+,49-/m1/s1. The molecule has 13 heteroatoms. The minimum Gasteiger partial charge on any atom is -0.469 e. The van der Waals surface area contributed by atoms with Crippen molar-refractivity contribution >= 4 is 29.7 Å². The second kappa shape index (κ2) is 20.9. The van der Waals surface area contributed by atoms with Crippen LogP contribution in [-0.4, -0.2) is 77.4 Å². The summed E-state index contributed by atoms with van der Waals surface area (Å²) in [5.41, 5.74) is 7.39. The maximum atomic E-state index is 14.1. The first kappa shape index (κ1) is 47.2. The number of aliphatic hydroxyl groups is 2. The molecule has 4 saturated carbocycles. The van der Waals surface area contributed by atoms with Gasteiger partial charge in [-0.05, 0) is 122 Å². The van der Waals surface area contributed by atoms with Crippen LogP contribution in [0.5, 0.6) is 0 Å². The lowest BCUT2D eigenvalue weighted by Gasteiger charge is -2.63. The largest absolute Gasteiger partial charge is 0.469 e. The number of hydrogen-bond donors (Lipinski definition) is 5. The van der Waals surface area contributed by atoms with Crippen LogP contribution < -0.4 is 16.4 Å². The van der Waals surface area contributed by atoms with Gasteiger partial charge in [-0.15, -0.1) is 0 Å². The summed E-state index contributed by atoms with van der Waals surface area (Å²) in [5, 5.41) is 29.9. The number of fused-ring (bicyclic) bond motifs is 5. The third-order valence-corrected chi connectivity index (χ3v) is 15.7. The van der Waals surface area contributed by atoms with Gasteiger partial charge in [0, 0.05) is 25.3 Å². The van der Waals surface area contributed by atoms with E-state index in [-0.39, 0.29) is 97.2 Å². The van der Waals surface area contributed by atoms with E-state index in [1.165, 1.54) is 7.11 Å². The van der Waals surface area contributed by atoms with E-state index in [4.69, 9.17) is 19.9 Å². The Morgan fingerprint density at radius 2 is 1.35 bits per heavy atom. The number of ether oxygens (including phenoxy) is 3. The molecule has 2 amide bonds. The van der Waals surface area contributed by atoms with Crippen molar-refractivity contribution in [2.75, 3.05) is 7.11 Å². The molecule has 0 radical (unpaired) electrons. The van der Waals surface area contributed by atoms with E-state index in [0.717, 1.165) is 30.4 Å². The third-order valence-electron chi connectivity index (χ3n) is 15.7. The van der Waals surface area contributed by atoms with Gasteiger partial charge in [-0.2, -0.15) is 0 Å². The summed E-state index contributed by atoms with van der Waals surface area (Å²) in [6.07, 6.45) is 5.00. The molecule has 340 valence electrons. The average Bonchev–Trinajstić information content (AvgIpc) is 3.64. The molecule has 0 saturated heterocycles. The van der Waals surface area contributed by atoms with Crippen molar-refractivity contribution in [2.24, 2.45) is 52.1 Å². The number of hydrogen-bond acceptors (Lipinski definition) is 11. The zero-order valence-electron chi connectivity index (χ0n) is 37.0. The summed E-state index contributed by atoms with van der Waals surface area (Å²) < 4.78 is 15.7. The van der Waals surface area contributed by atoms with Crippen molar-refractivity contribution in [2.45, 2.75) is 148 Å². The molecule has 6 rings (SSSR count). The SMILES string of the molecule is COC(=O)CC[C@@H](C)[C@H]1CC[C@H]2[C@@H]3[C@H](O)C[C@@H]4C[C@@H](NC(=O)[C@H](CCC(=O)OCc5ccccc5)NC(=O)[C@@H](N)CCC(=O)OCc5ccccc5)CC[C@]4(C)[C@H]3C[C@H](O)[C@]12C. The van der Waals surface area contributed by atoms with Crippen molar-refractivity contribution in [3.05, 3.63) is 71.8 Å². The van der Waals surface area contributed by atoms with Crippen molar-refractivity contribution in [1.82, 2.24) is 10.6 Å². The van der Waals surface area contributed by atoms with Gasteiger partial charge in [0.25, 0.3) is 0 Å². The Kier molecular flexibility index (Phi) is 15.9. The van der Waals surface area contributed by atoms with Crippen molar-refractivity contribution in [3.63, 3.8) is 0 Å². The number of amides is 2. The normalized spacial score (nSPS) is 31.5. The molecule has 13 atom stereocenters. The van der Waals surface area contributed by atoms with Crippen molar-refractivity contribution in [1.29, 1.82) is 0 Å². The number of aliphatic hydroxyl groups excluding tert-OH is 2. The fourth-order valence-electron chi connectivity index (χ4n) is 12.1. The minimum absolute atomic E-state index is 0.00404. The van der Waals surface area contributed by atoms with Crippen LogP contribution >= 0.6 is 0 Å². The average molecular weight is 860 g/mol. The van der Waals surface area contributed by atoms with Gasteiger partial charge in [0.2, 0.25) is 11.8 Å². The highest BCUT2D eigenvalue weighted by molar-refractivity contribution is 5.90. The molecule has 4 aliphatic carbocycles. The smallest absolute Gasteiger partial charge is 0.306 e. The maximum Gasteiger partial charge on any atom is 0.306 e. The van der Waals surface area contributed by atoms with E-state index >= 15 is 0 Å². The van der Waals surface area contributed by atoms with Crippen LogP contribution in [0.2, 0.25) is 0 Å². The predicted octanol–water partition coefficient (Wildman–Crippen LogP) is 5.52. The molecule has 4 aliphatic rings. The van der Waals surface area contributed by atoms with Crippen molar-refractivity contribution < 1.29 is 48.4 Å². The van der Waals surface area contributed by atoms with Gasteiger partial charge < -0.3 is 40.8 Å². The Balaban J connectivity index is 1.07. The molecule has 62 heavy (non-hydrogen) atoms. The highest BCUT2D eigenvalue weighted by atomic mass is 16.5. The van der Waals surface area contributed by atoms with Gasteiger partial charge in [0.1, 0.15) is 19.3 Å². The lowest BCUT2D eigenvalue weighted by atomic mass is 9.43. The molecule has 2 aromatic carbocycles. The van der Waals surface area contributed by atoms with Gasteiger partial charge in [-0.25, -0.2) is 0 Å².